The Morgan fingerprint density at radius 2 is 1.81 bits per heavy atom. The molecule has 6 nitrogen and oxygen atoms in total. The Kier molecular flexibility index (Phi) is 5.52. The lowest BCUT2D eigenvalue weighted by molar-refractivity contribution is 0.430. The van der Waals surface area contributed by atoms with Gasteiger partial charge in [-0.1, -0.05) is 41.9 Å². The highest BCUT2D eigenvalue weighted by Crippen LogP contribution is 2.27. The molecule has 0 bridgehead atoms. The van der Waals surface area contributed by atoms with Crippen LogP contribution in [0.1, 0.15) is 36.6 Å². The zero-order valence-electron chi connectivity index (χ0n) is 19.0. The van der Waals surface area contributed by atoms with Gasteiger partial charge in [0.05, 0.1) is 6.54 Å². The van der Waals surface area contributed by atoms with Crippen LogP contribution in [-0.4, -0.2) is 33.0 Å². The second kappa shape index (κ2) is 8.61. The number of hydrogen-bond donors (Lipinski definition) is 0. The summed E-state index contributed by atoms with van der Waals surface area (Å²) < 4.78 is 7.52. The minimum absolute atomic E-state index is 0.444. The van der Waals surface area contributed by atoms with E-state index in [1.54, 1.807) is 0 Å². The lowest BCUT2D eigenvalue weighted by Crippen LogP contribution is -2.34. The van der Waals surface area contributed by atoms with Gasteiger partial charge >= 0.3 is 0 Å². The molecule has 32 heavy (non-hydrogen) atoms. The molecule has 4 aromatic rings. The second-order valence-corrected chi connectivity index (χ2v) is 8.98. The summed E-state index contributed by atoms with van der Waals surface area (Å²) in [5.41, 5.74) is 6.43. The summed E-state index contributed by atoms with van der Waals surface area (Å²) >= 11 is 0. The molecule has 1 unspecified atom stereocenters. The fourth-order valence-corrected chi connectivity index (χ4v) is 4.33. The van der Waals surface area contributed by atoms with Crippen LogP contribution < -0.4 is 4.90 Å². The first-order valence-corrected chi connectivity index (χ1v) is 11.3. The zero-order chi connectivity index (χ0) is 22.1. The van der Waals surface area contributed by atoms with E-state index in [9.17, 15) is 0 Å². The molecule has 0 spiro atoms. The summed E-state index contributed by atoms with van der Waals surface area (Å²) in [5.74, 6) is 1.78. The van der Waals surface area contributed by atoms with Gasteiger partial charge in [-0.3, -0.25) is 4.68 Å². The van der Waals surface area contributed by atoms with Gasteiger partial charge in [0, 0.05) is 30.0 Å². The maximum atomic E-state index is 5.55. The normalized spacial score (nSPS) is 16.5. The van der Waals surface area contributed by atoms with E-state index < -0.39 is 0 Å². The van der Waals surface area contributed by atoms with Gasteiger partial charge in [0.15, 0.2) is 5.69 Å². The number of aryl methyl sites for hydroxylation is 2. The topological polar surface area (TPSA) is 60.0 Å². The van der Waals surface area contributed by atoms with Crippen LogP contribution in [0.2, 0.25) is 0 Å². The van der Waals surface area contributed by atoms with Crippen LogP contribution in [0.15, 0.2) is 59.1 Å². The molecule has 3 heterocycles. The fraction of sp³-hybridized carbons (Fsp3) is 0.346. The Morgan fingerprint density at radius 1 is 1.03 bits per heavy atom. The van der Waals surface area contributed by atoms with E-state index in [1.165, 1.54) is 29.7 Å². The third kappa shape index (κ3) is 4.31. The van der Waals surface area contributed by atoms with E-state index in [0.29, 0.717) is 24.0 Å². The summed E-state index contributed by atoms with van der Waals surface area (Å²) in [6, 6.07) is 19.0. The van der Waals surface area contributed by atoms with E-state index >= 15 is 0 Å². The molecule has 6 heteroatoms. The van der Waals surface area contributed by atoms with Crippen LogP contribution in [0, 0.1) is 19.8 Å². The molecule has 1 atom stereocenters. The van der Waals surface area contributed by atoms with Gasteiger partial charge in [-0.2, -0.15) is 10.1 Å². The monoisotopic (exact) mass is 427 g/mol. The Morgan fingerprint density at radius 3 is 2.56 bits per heavy atom. The van der Waals surface area contributed by atoms with Crippen LogP contribution in [0.25, 0.3) is 23.0 Å². The highest BCUT2D eigenvalue weighted by atomic mass is 16.5. The predicted molar refractivity (Wildman–Crippen MR) is 127 cm³/mol. The van der Waals surface area contributed by atoms with Gasteiger partial charge in [0.25, 0.3) is 5.89 Å². The van der Waals surface area contributed by atoms with E-state index in [1.807, 2.05) is 17.7 Å². The minimum Gasteiger partial charge on any atom is -0.371 e. The summed E-state index contributed by atoms with van der Waals surface area (Å²) in [7, 11) is 0. The summed E-state index contributed by atoms with van der Waals surface area (Å²) in [6.07, 6.45) is 2.58. The molecular formula is C26H29N5O. The van der Waals surface area contributed by atoms with E-state index in [-0.39, 0.29) is 0 Å². The van der Waals surface area contributed by atoms with Crippen LogP contribution in [-0.2, 0) is 6.54 Å². The summed E-state index contributed by atoms with van der Waals surface area (Å²) in [6.45, 7) is 9.42. The molecule has 0 saturated carbocycles. The molecule has 1 aliphatic rings. The van der Waals surface area contributed by atoms with Gasteiger partial charge in [0.1, 0.15) is 0 Å². The van der Waals surface area contributed by atoms with Gasteiger partial charge in [-0.15, -0.1) is 0 Å². The molecule has 0 aliphatic carbocycles. The molecule has 2 aromatic carbocycles. The number of rotatable bonds is 5. The SMILES string of the molecule is Cc1ccc(Cn2nc(-c3nc(-c4ccc(N5CCCC(C)C5)cc4)no3)cc2C)cc1. The van der Waals surface area contributed by atoms with Crippen molar-refractivity contribution in [2.24, 2.45) is 5.92 Å². The average Bonchev–Trinajstić information content (AvgIpc) is 3.43. The summed E-state index contributed by atoms with van der Waals surface area (Å²) in [4.78, 5) is 7.07. The van der Waals surface area contributed by atoms with Crippen molar-refractivity contribution in [3.8, 4) is 23.0 Å². The Bertz CT molecular complexity index is 1190. The van der Waals surface area contributed by atoms with Crippen molar-refractivity contribution in [2.45, 2.75) is 40.2 Å². The van der Waals surface area contributed by atoms with Crippen molar-refractivity contribution in [2.75, 3.05) is 18.0 Å². The first kappa shape index (κ1) is 20.5. The lowest BCUT2D eigenvalue weighted by Gasteiger charge is -2.32. The molecule has 0 radical (unpaired) electrons. The number of benzene rings is 2. The van der Waals surface area contributed by atoms with Gasteiger partial charge in [-0.25, -0.2) is 0 Å². The van der Waals surface area contributed by atoms with E-state index in [4.69, 9.17) is 9.62 Å². The minimum atomic E-state index is 0.444. The van der Waals surface area contributed by atoms with Crippen LogP contribution in [0.5, 0.6) is 0 Å². The number of nitrogens with zero attached hydrogens (tertiary/aromatic N) is 5. The number of piperidine rings is 1. The smallest absolute Gasteiger partial charge is 0.278 e. The number of aromatic nitrogens is 4. The van der Waals surface area contributed by atoms with Crippen LogP contribution >= 0.6 is 0 Å². The number of anilines is 1. The highest BCUT2D eigenvalue weighted by molar-refractivity contribution is 5.62. The lowest BCUT2D eigenvalue weighted by atomic mass is 9.99. The second-order valence-electron chi connectivity index (χ2n) is 8.98. The van der Waals surface area contributed by atoms with Crippen molar-refractivity contribution >= 4 is 5.69 Å². The van der Waals surface area contributed by atoms with E-state index in [0.717, 1.165) is 30.3 Å². The average molecular weight is 428 g/mol. The number of hydrogen-bond acceptors (Lipinski definition) is 5. The standard InChI is InChI=1S/C26H29N5O/c1-18-6-8-21(9-7-18)17-31-20(3)15-24(28-31)26-27-25(29-32-26)22-10-12-23(13-11-22)30-14-4-5-19(2)16-30/h6-13,15,19H,4-5,14,16-17H2,1-3H3. The first-order chi connectivity index (χ1) is 15.5. The summed E-state index contributed by atoms with van der Waals surface area (Å²) in [5, 5.41) is 8.90. The predicted octanol–water partition coefficient (Wildman–Crippen LogP) is 5.50. The highest BCUT2D eigenvalue weighted by Gasteiger charge is 2.18. The van der Waals surface area contributed by atoms with Gasteiger partial charge in [-0.05, 0) is 68.5 Å². The third-order valence-corrected chi connectivity index (χ3v) is 6.23. The van der Waals surface area contributed by atoms with Crippen molar-refractivity contribution in [3.63, 3.8) is 0 Å². The molecule has 1 fully saturated rings. The molecule has 0 amide bonds. The van der Waals surface area contributed by atoms with Crippen molar-refractivity contribution in [3.05, 3.63) is 71.4 Å². The Hall–Kier alpha value is -3.41. The molecule has 1 aliphatic heterocycles. The van der Waals surface area contributed by atoms with Crippen LogP contribution in [0.3, 0.4) is 0 Å². The van der Waals surface area contributed by atoms with Crippen molar-refractivity contribution < 1.29 is 4.52 Å². The molecular weight excluding hydrogens is 398 g/mol. The Balaban J connectivity index is 1.32. The maximum absolute atomic E-state index is 5.55. The Labute approximate surface area is 188 Å². The maximum Gasteiger partial charge on any atom is 0.278 e. The third-order valence-electron chi connectivity index (χ3n) is 6.23. The molecule has 1 saturated heterocycles. The molecule has 5 rings (SSSR count). The largest absolute Gasteiger partial charge is 0.371 e. The molecule has 164 valence electrons. The first-order valence-electron chi connectivity index (χ1n) is 11.3. The van der Waals surface area contributed by atoms with Gasteiger partial charge < -0.3 is 9.42 Å². The van der Waals surface area contributed by atoms with Crippen molar-refractivity contribution in [1.29, 1.82) is 0 Å². The zero-order valence-corrected chi connectivity index (χ0v) is 19.0. The fourth-order valence-electron chi connectivity index (χ4n) is 4.33. The van der Waals surface area contributed by atoms with Crippen molar-refractivity contribution in [1.82, 2.24) is 19.9 Å². The van der Waals surface area contributed by atoms with E-state index in [2.05, 4.69) is 77.4 Å². The quantitative estimate of drug-likeness (QED) is 0.421. The molecule has 2 aromatic heterocycles. The van der Waals surface area contributed by atoms with Crippen LogP contribution in [0.4, 0.5) is 5.69 Å². The van der Waals surface area contributed by atoms with Gasteiger partial charge in [0.2, 0.25) is 5.82 Å². The molecule has 0 N–H and O–H groups in total.